The number of ether oxygens (including phenoxy) is 2. The zero-order chi connectivity index (χ0) is 22.1. The molecular formula is C22H21N3O5. The van der Waals surface area contributed by atoms with E-state index < -0.39 is 18.5 Å². The number of nitrogens with one attached hydrogen (secondary N) is 2. The molecule has 8 heteroatoms. The van der Waals surface area contributed by atoms with Crippen molar-refractivity contribution in [3.05, 3.63) is 59.2 Å². The number of hydrogen-bond acceptors (Lipinski definition) is 6. The summed E-state index contributed by atoms with van der Waals surface area (Å²) in [5.74, 6) is -1.45. The van der Waals surface area contributed by atoms with Gasteiger partial charge in [0.15, 0.2) is 6.61 Å². The normalized spacial score (nSPS) is 10.5. The van der Waals surface area contributed by atoms with Gasteiger partial charge in [-0.3, -0.25) is 9.59 Å². The van der Waals surface area contributed by atoms with E-state index in [2.05, 4.69) is 10.6 Å². The molecule has 2 aromatic carbocycles. The molecule has 0 saturated carbocycles. The Morgan fingerprint density at radius 1 is 1.10 bits per heavy atom. The fraction of sp³-hybridized carbons (Fsp3) is 0.182. The van der Waals surface area contributed by atoms with E-state index in [-0.39, 0.29) is 11.5 Å². The van der Waals surface area contributed by atoms with Crippen molar-refractivity contribution in [3.63, 3.8) is 0 Å². The minimum atomic E-state index is -0.910. The first-order valence-electron chi connectivity index (χ1n) is 8.93. The van der Waals surface area contributed by atoms with Crippen LogP contribution < -0.4 is 15.4 Å². The molecule has 0 atom stereocenters. The summed E-state index contributed by atoms with van der Waals surface area (Å²) in [7, 11) is 1.43. The van der Waals surface area contributed by atoms with Crippen LogP contribution in [0.2, 0.25) is 0 Å². The molecule has 2 aromatic rings. The van der Waals surface area contributed by atoms with Crippen LogP contribution in [0.15, 0.2) is 48.0 Å². The molecule has 8 nitrogen and oxygen atoms in total. The molecular weight excluding hydrogens is 386 g/mol. The van der Waals surface area contributed by atoms with E-state index in [1.54, 1.807) is 30.3 Å². The van der Waals surface area contributed by atoms with Gasteiger partial charge in [-0.15, -0.1) is 0 Å². The number of methoxy groups -OCH3 is 1. The monoisotopic (exact) mass is 407 g/mol. The molecule has 0 radical (unpaired) electrons. The summed E-state index contributed by atoms with van der Waals surface area (Å²) < 4.78 is 10.1. The molecule has 0 aliphatic heterocycles. The Balaban J connectivity index is 2.02. The van der Waals surface area contributed by atoms with Crippen molar-refractivity contribution in [2.45, 2.75) is 13.8 Å². The summed E-state index contributed by atoms with van der Waals surface area (Å²) in [5, 5.41) is 14.4. The standard InChI is InChI=1S/C22H21N3O5/c1-14-4-6-16(7-5-14)10-17(12-23)22(28)30-13-21(27)25-19-11-18(24-15(2)26)8-9-20(19)29-3/h4-11H,13H2,1-3H3,(H,24,26)(H,25,27)/b17-10+. The molecule has 0 spiro atoms. The Kier molecular flexibility index (Phi) is 7.71. The van der Waals surface area contributed by atoms with Crippen LogP contribution in [0.25, 0.3) is 6.08 Å². The number of amides is 2. The molecule has 0 aromatic heterocycles. The molecule has 0 aliphatic rings. The highest BCUT2D eigenvalue weighted by Crippen LogP contribution is 2.27. The first-order chi connectivity index (χ1) is 14.3. The van der Waals surface area contributed by atoms with Gasteiger partial charge < -0.3 is 20.1 Å². The average molecular weight is 407 g/mol. The van der Waals surface area contributed by atoms with Crippen LogP contribution in [0, 0.1) is 18.3 Å². The predicted molar refractivity (Wildman–Crippen MR) is 112 cm³/mol. The lowest BCUT2D eigenvalue weighted by molar-refractivity contribution is -0.142. The molecule has 0 saturated heterocycles. The Morgan fingerprint density at radius 2 is 1.80 bits per heavy atom. The first-order valence-corrected chi connectivity index (χ1v) is 8.93. The van der Waals surface area contributed by atoms with Gasteiger partial charge in [0.1, 0.15) is 17.4 Å². The van der Waals surface area contributed by atoms with Gasteiger partial charge in [0.25, 0.3) is 5.91 Å². The quantitative estimate of drug-likeness (QED) is 0.414. The fourth-order valence-corrected chi connectivity index (χ4v) is 2.45. The van der Waals surface area contributed by atoms with E-state index in [9.17, 15) is 19.6 Å². The molecule has 0 heterocycles. The highest BCUT2D eigenvalue weighted by atomic mass is 16.5. The predicted octanol–water partition coefficient (Wildman–Crippen LogP) is 3.05. The second-order valence-electron chi connectivity index (χ2n) is 6.30. The Morgan fingerprint density at radius 3 is 2.40 bits per heavy atom. The lowest BCUT2D eigenvalue weighted by Crippen LogP contribution is -2.21. The highest BCUT2D eigenvalue weighted by Gasteiger charge is 2.15. The van der Waals surface area contributed by atoms with E-state index in [0.29, 0.717) is 22.7 Å². The van der Waals surface area contributed by atoms with Crippen molar-refractivity contribution >= 4 is 35.2 Å². The number of rotatable bonds is 7. The average Bonchev–Trinajstić information content (AvgIpc) is 2.71. The van der Waals surface area contributed by atoms with Crippen LogP contribution >= 0.6 is 0 Å². The number of carbonyl (C=O) groups is 3. The van der Waals surface area contributed by atoms with E-state index in [1.165, 1.54) is 26.2 Å². The number of aryl methyl sites for hydroxylation is 1. The van der Waals surface area contributed by atoms with Crippen molar-refractivity contribution in [2.75, 3.05) is 24.4 Å². The van der Waals surface area contributed by atoms with Crippen molar-refractivity contribution in [3.8, 4) is 11.8 Å². The maximum absolute atomic E-state index is 12.2. The second kappa shape index (κ2) is 10.4. The highest BCUT2D eigenvalue weighted by molar-refractivity contribution is 6.00. The van der Waals surface area contributed by atoms with E-state index in [1.807, 2.05) is 19.1 Å². The minimum Gasteiger partial charge on any atom is -0.495 e. The molecule has 0 unspecified atom stereocenters. The summed E-state index contributed by atoms with van der Waals surface area (Å²) in [6.07, 6.45) is 1.39. The number of nitriles is 1. The Bertz CT molecular complexity index is 1020. The van der Waals surface area contributed by atoms with Crippen molar-refractivity contribution in [1.29, 1.82) is 5.26 Å². The molecule has 154 valence electrons. The summed E-state index contributed by atoms with van der Waals surface area (Å²) in [5.41, 5.74) is 2.24. The Hall–Kier alpha value is -4.12. The van der Waals surface area contributed by atoms with Gasteiger partial charge in [-0.25, -0.2) is 4.79 Å². The molecule has 0 fully saturated rings. The number of esters is 1. The van der Waals surface area contributed by atoms with Crippen molar-refractivity contribution in [2.24, 2.45) is 0 Å². The van der Waals surface area contributed by atoms with Crippen molar-refractivity contribution < 1.29 is 23.9 Å². The van der Waals surface area contributed by atoms with Gasteiger partial charge in [0, 0.05) is 12.6 Å². The zero-order valence-electron chi connectivity index (χ0n) is 16.8. The third-order valence-electron chi connectivity index (χ3n) is 3.86. The van der Waals surface area contributed by atoms with Gasteiger partial charge in [0.2, 0.25) is 5.91 Å². The van der Waals surface area contributed by atoms with Gasteiger partial charge >= 0.3 is 5.97 Å². The summed E-state index contributed by atoms with van der Waals surface area (Å²) >= 11 is 0. The smallest absolute Gasteiger partial charge is 0.349 e. The first kappa shape index (κ1) is 22.2. The third kappa shape index (κ3) is 6.49. The maximum Gasteiger partial charge on any atom is 0.349 e. The molecule has 0 bridgehead atoms. The van der Waals surface area contributed by atoms with Gasteiger partial charge in [0.05, 0.1) is 12.8 Å². The summed E-state index contributed by atoms with van der Waals surface area (Å²) in [6, 6.07) is 13.7. The lowest BCUT2D eigenvalue weighted by Gasteiger charge is -2.12. The molecule has 2 N–H and O–H groups in total. The zero-order valence-corrected chi connectivity index (χ0v) is 16.8. The van der Waals surface area contributed by atoms with E-state index in [0.717, 1.165) is 5.56 Å². The molecule has 30 heavy (non-hydrogen) atoms. The van der Waals surface area contributed by atoms with Crippen LogP contribution in [0.5, 0.6) is 5.75 Å². The summed E-state index contributed by atoms with van der Waals surface area (Å²) in [4.78, 5) is 35.5. The molecule has 2 rings (SSSR count). The molecule has 0 aliphatic carbocycles. The number of anilines is 2. The van der Waals surface area contributed by atoms with Crippen LogP contribution in [0.4, 0.5) is 11.4 Å². The minimum absolute atomic E-state index is 0.225. The maximum atomic E-state index is 12.2. The fourth-order valence-electron chi connectivity index (χ4n) is 2.45. The SMILES string of the molecule is COc1ccc(NC(C)=O)cc1NC(=O)COC(=O)/C(C#N)=C/c1ccc(C)cc1. The topological polar surface area (TPSA) is 118 Å². The number of hydrogen-bond donors (Lipinski definition) is 2. The van der Waals surface area contributed by atoms with Gasteiger partial charge in [-0.05, 0) is 36.8 Å². The van der Waals surface area contributed by atoms with E-state index in [4.69, 9.17) is 9.47 Å². The van der Waals surface area contributed by atoms with Crippen molar-refractivity contribution in [1.82, 2.24) is 0 Å². The summed E-state index contributed by atoms with van der Waals surface area (Å²) in [6.45, 7) is 2.69. The van der Waals surface area contributed by atoms with Crippen LogP contribution in [-0.2, 0) is 19.1 Å². The number of benzene rings is 2. The second-order valence-corrected chi connectivity index (χ2v) is 6.30. The third-order valence-corrected chi connectivity index (χ3v) is 3.86. The Labute approximate surface area is 174 Å². The molecule has 2 amide bonds. The largest absolute Gasteiger partial charge is 0.495 e. The lowest BCUT2D eigenvalue weighted by atomic mass is 10.1. The number of nitrogens with zero attached hydrogens (tertiary/aromatic N) is 1. The number of carbonyl (C=O) groups excluding carboxylic acids is 3. The van der Waals surface area contributed by atoms with Crippen LogP contribution in [0.1, 0.15) is 18.1 Å². The van der Waals surface area contributed by atoms with Gasteiger partial charge in [-0.2, -0.15) is 5.26 Å². The van der Waals surface area contributed by atoms with Crippen LogP contribution in [-0.4, -0.2) is 31.5 Å². The van der Waals surface area contributed by atoms with E-state index >= 15 is 0 Å². The van der Waals surface area contributed by atoms with Crippen LogP contribution in [0.3, 0.4) is 0 Å². The van der Waals surface area contributed by atoms with Gasteiger partial charge in [-0.1, -0.05) is 29.8 Å².